The van der Waals surface area contributed by atoms with Gasteiger partial charge in [0.1, 0.15) is 13.2 Å². The lowest BCUT2D eigenvalue weighted by Crippen LogP contribution is -2.23. The van der Waals surface area contributed by atoms with Crippen LogP contribution in [-0.2, 0) is 16.0 Å². The summed E-state index contributed by atoms with van der Waals surface area (Å²) in [4.78, 5) is 34.3. The first kappa shape index (κ1) is 20.8. The molecule has 0 atom stereocenters. The fourth-order valence-electron chi connectivity index (χ4n) is 2.72. The second-order valence-electron chi connectivity index (χ2n) is 6.57. The summed E-state index contributed by atoms with van der Waals surface area (Å²) < 4.78 is 10.9. The number of carbonyl (C=O) groups is 2. The van der Waals surface area contributed by atoms with Gasteiger partial charge >= 0.3 is 0 Å². The van der Waals surface area contributed by atoms with Crippen LogP contribution < -0.4 is 20.2 Å². The Morgan fingerprint density at radius 1 is 1.07 bits per heavy atom. The summed E-state index contributed by atoms with van der Waals surface area (Å²) in [6.07, 6.45) is 0.00439. The highest BCUT2D eigenvalue weighted by Crippen LogP contribution is 2.32. The van der Waals surface area contributed by atoms with E-state index in [-0.39, 0.29) is 24.4 Å². The molecule has 10 heteroatoms. The van der Waals surface area contributed by atoms with Gasteiger partial charge in [-0.15, -0.1) is 0 Å². The zero-order valence-corrected chi connectivity index (χ0v) is 16.2. The summed E-state index contributed by atoms with van der Waals surface area (Å²) in [6, 6.07) is 10.8. The van der Waals surface area contributed by atoms with E-state index in [0.717, 1.165) is 0 Å². The van der Waals surface area contributed by atoms with Crippen molar-refractivity contribution in [3.05, 3.63) is 58.1 Å². The molecule has 0 saturated heterocycles. The van der Waals surface area contributed by atoms with Crippen molar-refractivity contribution in [2.45, 2.75) is 19.8 Å². The van der Waals surface area contributed by atoms with Crippen LogP contribution in [0.2, 0.25) is 0 Å². The summed E-state index contributed by atoms with van der Waals surface area (Å²) in [5, 5.41) is 17.3. The van der Waals surface area contributed by atoms with Crippen LogP contribution >= 0.6 is 0 Å². The van der Waals surface area contributed by atoms with Gasteiger partial charge in [-0.1, -0.05) is 12.1 Å². The second-order valence-corrected chi connectivity index (χ2v) is 6.57. The number of nitro benzene ring substituents is 1. The lowest BCUT2D eigenvalue weighted by Gasteiger charge is -2.19. The molecule has 1 heterocycles. The summed E-state index contributed by atoms with van der Waals surface area (Å²) in [5.41, 5.74) is 3.93. The standard InChI is InChI=1S/C20H20N4O6/c1-13(22-23-20(26)11-14-2-5-16(6-3-14)24(27)28)10-19(25)21-15-4-7-17-18(12-15)30-9-8-29-17/h2-7,12H,8-11H2,1H3,(H,21,25)(H,23,26)/b22-13-. The number of rotatable bonds is 7. The second kappa shape index (κ2) is 9.50. The number of ether oxygens (including phenoxy) is 2. The number of nitrogens with one attached hydrogen (secondary N) is 2. The van der Waals surface area contributed by atoms with Gasteiger partial charge in [0.15, 0.2) is 11.5 Å². The largest absolute Gasteiger partial charge is 0.486 e. The van der Waals surface area contributed by atoms with Crippen LogP contribution in [0.15, 0.2) is 47.6 Å². The lowest BCUT2D eigenvalue weighted by molar-refractivity contribution is -0.384. The lowest BCUT2D eigenvalue weighted by atomic mass is 10.1. The zero-order chi connectivity index (χ0) is 21.5. The molecule has 0 aliphatic carbocycles. The number of nitrogens with zero attached hydrogens (tertiary/aromatic N) is 2. The predicted octanol–water partition coefficient (Wildman–Crippen LogP) is 2.43. The van der Waals surface area contributed by atoms with Gasteiger partial charge in [0, 0.05) is 29.6 Å². The maximum atomic E-state index is 12.2. The van der Waals surface area contributed by atoms with E-state index in [2.05, 4.69) is 15.8 Å². The van der Waals surface area contributed by atoms with Crippen molar-refractivity contribution in [1.29, 1.82) is 0 Å². The number of hydrazone groups is 1. The number of benzene rings is 2. The summed E-state index contributed by atoms with van der Waals surface area (Å²) in [6.45, 7) is 2.57. The normalized spacial score (nSPS) is 12.8. The molecule has 2 aromatic carbocycles. The molecule has 10 nitrogen and oxygen atoms in total. The van der Waals surface area contributed by atoms with Crippen molar-refractivity contribution in [2.75, 3.05) is 18.5 Å². The summed E-state index contributed by atoms with van der Waals surface area (Å²) in [5.74, 6) is 0.517. The average Bonchev–Trinajstić information content (AvgIpc) is 2.72. The Bertz CT molecular complexity index is 987. The van der Waals surface area contributed by atoms with Crippen LogP contribution in [0.3, 0.4) is 0 Å². The molecule has 1 aliphatic heterocycles. The van der Waals surface area contributed by atoms with E-state index in [1.165, 1.54) is 24.3 Å². The first-order valence-electron chi connectivity index (χ1n) is 9.15. The Morgan fingerprint density at radius 3 is 2.47 bits per heavy atom. The molecule has 0 saturated carbocycles. The minimum absolute atomic E-state index is 0.00768. The van der Waals surface area contributed by atoms with E-state index >= 15 is 0 Å². The maximum Gasteiger partial charge on any atom is 0.269 e. The molecule has 0 bridgehead atoms. The van der Waals surface area contributed by atoms with Crippen LogP contribution in [0.1, 0.15) is 18.9 Å². The van der Waals surface area contributed by atoms with Crippen LogP contribution in [0.5, 0.6) is 11.5 Å². The van der Waals surface area contributed by atoms with Crippen molar-refractivity contribution in [2.24, 2.45) is 5.10 Å². The smallest absolute Gasteiger partial charge is 0.269 e. The van der Waals surface area contributed by atoms with Gasteiger partial charge in [-0.05, 0) is 24.6 Å². The average molecular weight is 412 g/mol. The Balaban J connectivity index is 1.47. The molecule has 2 N–H and O–H groups in total. The van der Waals surface area contributed by atoms with E-state index < -0.39 is 10.8 Å². The van der Waals surface area contributed by atoms with Gasteiger partial charge in [-0.25, -0.2) is 5.43 Å². The number of fused-ring (bicyclic) bond motifs is 1. The molecule has 30 heavy (non-hydrogen) atoms. The number of anilines is 1. The van der Waals surface area contributed by atoms with Gasteiger partial charge < -0.3 is 14.8 Å². The molecule has 0 unspecified atom stereocenters. The molecular formula is C20H20N4O6. The number of hydrogen-bond acceptors (Lipinski definition) is 7. The van der Waals surface area contributed by atoms with Crippen LogP contribution in [0, 0.1) is 10.1 Å². The monoisotopic (exact) mass is 412 g/mol. The number of amides is 2. The Kier molecular flexibility index (Phi) is 6.58. The quantitative estimate of drug-likeness (QED) is 0.408. The predicted molar refractivity (Wildman–Crippen MR) is 109 cm³/mol. The SMILES string of the molecule is C/C(CC(=O)Nc1ccc2c(c1)OCCO2)=N/NC(=O)Cc1ccc([N+](=O)[O-])cc1. The molecular weight excluding hydrogens is 392 g/mol. The molecule has 0 spiro atoms. The Morgan fingerprint density at radius 2 is 1.77 bits per heavy atom. The Hall–Kier alpha value is -3.95. The van der Waals surface area contributed by atoms with Crippen molar-refractivity contribution in [3.8, 4) is 11.5 Å². The highest BCUT2D eigenvalue weighted by Gasteiger charge is 2.13. The number of carbonyl (C=O) groups excluding carboxylic acids is 2. The number of hydrogen-bond donors (Lipinski definition) is 2. The highest BCUT2D eigenvalue weighted by molar-refractivity contribution is 6.05. The van der Waals surface area contributed by atoms with E-state index in [1.807, 2.05) is 0 Å². The highest BCUT2D eigenvalue weighted by atomic mass is 16.6. The molecule has 3 rings (SSSR count). The third kappa shape index (κ3) is 5.77. The molecule has 2 amide bonds. The van der Waals surface area contributed by atoms with Crippen molar-refractivity contribution < 1.29 is 24.0 Å². The fourth-order valence-corrected chi connectivity index (χ4v) is 2.72. The summed E-state index contributed by atoms with van der Waals surface area (Å²) in [7, 11) is 0. The minimum Gasteiger partial charge on any atom is -0.486 e. The summed E-state index contributed by atoms with van der Waals surface area (Å²) >= 11 is 0. The zero-order valence-electron chi connectivity index (χ0n) is 16.2. The van der Waals surface area contributed by atoms with Crippen LogP contribution in [0.4, 0.5) is 11.4 Å². The van der Waals surface area contributed by atoms with Crippen LogP contribution in [0.25, 0.3) is 0 Å². The van der Waals surface area contributed by atoms with Gasteiger partial charge in [-0.2, -0.15) is 5.10 Å². The molecule has 0 fully saturated rings. The van der Waals surface area contributed by atoms with E-state index in [4.69, 9.17) is 9.47 Å². The van der Waals surface area contributed by atoms with Crippen molar-refractivity contribution >= 4 is 28.9 Å². The first-order valence-corrected chi connectivity index (χ1v) is 9.15. The van der Waals surface area contributed by atoms with E-state index in [0.29, 0.717) is 41.7 Å². The van der Waals surface area contributed by atoms with Crippen molar-refractivity contribution in [3.63, 3.8) is 0 Å². The van der Waals surface area contributed by atoms with Gasteiger partial charge in [0.05, 0.1) is 17.8 Å². The molecule has 0 aromatic heterocycles. The molecule has 1 aliphatic rings. The van der Waals surface area contributed by atoms with Gasteiger partial charge in [0.2, 0.25) is 11.8 Å². The van der Waals surface area contributed by atoms with E-state index in [1.54, 1.807) is 25.1 Å². The number of nitro groups is 1. The Labute approximate surface area is 172 Å². The topological polar surface area (TPSA) is 132 Å². The molecule has 0 radical (unpaired) electrons. The molecule has 156 valence electrons. The van der Waals surface area contributed by atoms with Gasteiger partial charge in [-0.3, -0.25) is 19.7 Å². The van der Waals surface area contributed by atoms with Gasteiger partial charge in [0.25, 0.3) is 5.69 Å². The first-order chi connectivity index (χ1) is 14.4. The fraction of sp³-hybridized carbons (Fsp3) is 0.250. The third-order valence-electron chi connectivity index (χ3n) is 4.13. The maximum absolute atomic E-state index is 12.2. The molecule has 2 aromatic rings. The van der Waals surface area contributed by atoms with Crippen LogP contribution in [-0.4, -0.2) is 35.7 Å². The third-order valence-corrected chi connectivity index (χ3v) is 4.13. The van der Waals surface area contributed by atoms with Crippen molar-refractivity contribution in [1.82, 2.24) is 5.43 Å². The number of non-ortho nitro benzene ring substituents is 1. The minimum atomic E-state index is -0.506. The van der Waals surface area contributed by atoms with E-state index in [9.17, 15) is 19.7 Å².